The van der Waals surface area contributed by atoms with Gasteiger partial charge in [0.15, 0.2) is 0 Å². The molecule has 1 atom stereocenters. The molecule has 2 nitrogen and oxygen atoms in total. The zero-order chi connectivity index (χ0) is 7.56. The van der Waals surface area contributed by atoms with Crippen LogP contribution in [0.1, 0.15) is 20.3 Å². The summed E-state index contributed by atoms with van der Waals surface area (Å²) >= 11 is 0. The van der Waals surface area contributed by atoms with E-state index in [-0.39, 0.29) is 0 Å². The molecular formula is C8H14N2. The molecule has 10 heavy (non-hydrogen) atoms. The van der Waals surface area contributed by atoms with Gasteiger partial charge in [-0.3, -0.25) is 4.90 Å². The van der Waals surface area contributed by atoms with E-state index in [1.807, 2.05) is 0 Å². The highest BCUT2D eigenvalue weighted by Gasteiger charge is 2.29. The topological polar surface area (TPSA) is 27.0 Å². The summed E-state index contributed by atoms with van der Waals surface area (Å²) < 4.78 is 0. The van der Waals surface area contributed by atoms with Crippen molar-refractivity contribution >= 4 is 0 Å². The van der Waals surface area contributed by atoms with Crippen molar-refractivity contribution in [1.29, 1.82) is 5.26 Å². The fourth-order valence-corrected chi connectivity index (χ4v) is 1.50. The molecule has 0 saturated carbocycles. The van der Waals surface area contributed by atoms with Gasteiger partial charge in [-0.1, -0.05) is 13.8 Å². The Kier molecular flexibility index (Phi) is 2.29. The third-order valence-electron chi connectivity index (χ3n) is 2.22. The van der Waals surface area contributed by atoms with Crippen LogP contribution in [0.5, 0.6) is 0 Å². The van der Waals surface area contributed by atoms with Crippen molar-refractivity contribution in [2.24, 2.45) is 5.92 Å². The molecule has 1 fully saturated rings. The summed E-state index contributed by atoms with van der Waals surface area (Å²) in [5.41, 5.74) is 0. The molecule has 1 rings (SSSR count). The quantitative estimate of drug-likeness (QED) is 0.537. The van der Waals surface area contributed by atoms with Crippen LogP contribution in [0, 0.1) is 17.2 Å². The van der Waals surface area contributed by atoms with Gasteiger partial charge in [-0.2, -0.15) is 5.26 Å². The van der Waals surface area contributed by atoms with Crippen LogP contribution in [0.3, 0.4) is 0 Å². The monoisotopic (exact) mass is 138 g/mol. The molecule has 0 aromatic rings. The summed E-state index contributed by atoms with van der Waals surface area (Å²) in [6.45, 7) is 6.17. The Morgan fingerprint density at radius 1 is 1.70 bits per heavy atom. The van der Waals surface area contributed by atoms with E-state index in [1.54, 1.807) is 0 Å². The van der Waals surface area contributed by atoms with Crippen LogP contribution in [-0.4, -0.2) is 24.0 Å². The normalized spacial score (nSPS) is 26.0. The molecule has 0 aliphatic carbocycles. The maximum atomic E-state index is 8.41. The van der Waals surface area contributed by atoms with Crippen LogP contribution < -0.4 is 0 Å². The van der Waals surface area contributed by atoms with Gasteiger partial charge in [0.2, 0.25) is 0 Å². The van der Waals surface area contributed by atoms with Crippen molar-refractivity contribution in [3.8, 4) is 6.07 Å². The van der Waals surface area contributed by atoms with Crippen molar-refractivity contribution in [1.82, 2.24) is 4.90 Å². The molecule has 0 aromatic carbocycles. The molecule has 0 radical (unpaired) electrons. The van der Waals surface area contributed by atoms with E-state index >= 15 is 0 Å². The maximum absolute atomic E-state index is 8.41. The molecule has 0 bridgehead atoms. The molecule has 1 aliphatic rings. The van der Waals surface area contributed by atoms with E-state index in [0.717, 1.165) is 6.54 Å². The summed E-state index contributed by atoms with van der Waals surface area (Å²) in [6, 6.07) is 2.86. The molecule has 1 unspecified atom stereocenters. The Morgan fingerprint density at radius 3 is 2.70 bits per heavy atom. The summed E-state index contributed by atoms with van der Waals surface area (Å²) in [4.78, 5) is 2.24. The first kappa shape index (κ1) is 7.56. The second-order valence-electron chi connectivity index (χ2n) is 3.23. The van der Waals surface area contributed by atoms with Crippen molar-refractivity contribution in [3.05, 3.63) is 0 Å². The molecule has 0 amide bonds. The highest BCUT2D eigenvalue weighted by molar-refractivity contribution is 4.90. The van der Waals surface area contributed by atoms with Gasteiger partial charge in [0.05, 0.1) is 12.6 Å². The number of hydrogen-bond acceptors (Lipinski definition) is 2. The smallest absolute Gasteiger partial charge is 0.0868 e. The lowest BCUT2D eigenvalue weighted by Gasteiger charge is -2.42. The van der Waals surface area contributed by atoms with Crippen LogP contribution >= 0.6 is 0 Å². The van der Waals surface area contributed by atoms with Gasteiger partial charge in [-0.15, -0.1) is 0 Å². The Bertz CT molecular complexity index is 146. The van der Waals surface area contributed by atoms with Gasteiger partial charge in [0.1, 0.15) is 0 Å². The fourth-order valence-electron chi connectivity index (χ4n) is 1.50. The molecule has 0 aromatic heterocycles. The highest BCUT2D eigenvalue weighted by atomic mass is 15.2. The first-order chi connectivity index (χ1) is 4.75. The van der Waals surface area contributed by atoms with Gasteiger partial charge in [0.25, 0.3) is 0 Å². The van der Waals surface area contributed by atoms with Crippen molar-refractivity contribution in [3.63, 3.8) is 0 Å². The summed E-state index contributed by atoms with van der Waals surface area (Å²) in [5, 5.41) is 8.41. The predicted octanol–water partition coefficient (Wildman–Crippen LogP) is 1.24. The molecule has 0 N–H and O–H groups in total. The number of nitrogens with zero attached hydrogens (tertiary/aromatic N) is 2. The minimum absolute atomic E-state index is 0.614. The van der Waals surface area contributed by atoms with Crippen LogP contribution in [0.4, 0.5) is 0 Å². The lowest BCUT2D eigenvalue weighted by Crippen LogP contribution is -2.50. The van der Waals surface area contributed by atoms with E-state index < -0.39 is 0 Å². The van der Waals surface area contributed by atoms with Gasteiger partial charge in [-0.05, 0) is 12.3 Å². The summed E-state index contributed by atoms with van der Waals surface area (Å²) in [6.07, 6.45) is 1.28. The molecule has 1 aliphatic heterocycles. The summed E-state index contributed by atoms with van der Waals surface area (Å²) in [7, 11) is 0. The number of hydrogen-bond donors (Lipinski definition) is 0. The highest BCUT2D eigenvalue weighted by Crippen LogP contribution is 2.23. The van der Waals surface area contributed by atoms with Crippen LogP contribution in [-0.2, 0) is 0 Å². The average molecular weight is 138 g/mol. The standard InChI is InChI=1S/C8H14N2/c1-7(2)8-3-5-10(8)6-4-9/h7-8H,3,5-6H2,1-2H3. The van der Waals surface area contributed by atoms with E-state index in [0.29, 0.717) is 18.5 Å². The van der Waals surface area contributed by atoms with E-state index in [2.05, 4.69) is 24.8 Å². The van der Waals surface area contributed by atoms with Crippen molar-refractivity contribution < 1.29 is 0 Å². The third kappa shape index (κ3) is 1.30. The Balaban J connectivity index is 2.30. The molecule has 56 valence electrons. The minimum Gasteiger partial charge on any atom is -0.287 e. The zero-order valence-corrected chi connectivity index (χ0v) is 6.67. The van der Waals surface area contributed by atoms with Crippen molar-refractivity contribution in [2.75, 3.05) is 13.1 Å². The lowest BCUT2D eigenvalue weighted by molar-refractivity contribution is 0.0712. The number of rotatable bonds is 2. The second kappa shape index (κ2) is 3.03. The Morgan fingerprint density at radius 2 is 2.40 bits per heavy atom. The van der Waals surface area contributed by atoms with Crippen LogP contribution in [0.25, 0.3) is 0 Å². The number of likely N-dealkylation sites (tertiary alicyclic amines) is 1. The first-order valence-electron chi connectivity index (χ1n) is 3.86. The predicted molar refractivity (Wildman–Crippen MR) is 40.4 cm³/mol. The molecule has 1 heterocycles. The van der Waals surface area contributed by atoms with Gasteiger partial charge in [0, 0.05) is 12.6 Å². The zero-order valence-electron chi connectivity index (χ0n) is 6.67. The molecular weight excluding hydrogens is 124 g/mol. The van der Waals surface area contributed by atoms with Gasteiger partial charge < -0.3 is 0 Å². The molecule has 2 heteroatoms. The largest absolute Gasteiger partial charge is 0.287 e. The van der Waals surface area contributed by atoms with E-state index in [1.165, 1.54) is 6.42 Å². The summed E-state index contributed by atoms with van der Waals surface area (Å²) in [5.74, 6) is 0.710. The SMILES string of the molecule is CC(C)C1CCN1CC#N. The van der Waals surface area contributed by atoms with Crippen molar-refractivity contribution in [2.45, 2.75) is 26.3 Å². The maximum Gasteiger partial charge on any atom is 0.0868 e. The Hall–Kier alpha value is -0.550. The van der Waals surface area contributed by atoms with Crippen LogP contribution in [0.2, 0.25) is 0 Å². The van der Waals surface area contributed by atoms with Gasteiger partial charge >= 0.3 is 0 Å². The number of nitriles is 1. The van der Waals surface area contributed by atoms with Crippen LogP contribution in [0.15, 0.2) is 0 Å². The average Bonchev–Trinajstić information content (AvgIpc) is 1.78. The van der Waals surface area contributed by atoms with Gasteiger partial charge in [-0.25, -0.2) is 0 Å². The molecule has 1 saturated heterocycles. The minimum atomic E-state index is 0.614. The lowest BCUT2D eigenvalue weighted by atomic mass is 9.92. The third-order valence-corrected chi connectivity index (χ3v) is 2.22. The first-order valence-corrected chi connectivity index (χ1v) is 3.86. The Labute approximate surface area is 62.4 Å². The molecule has 0 spiro atoms. The van der Waals surface area contributed by atoms with E-state index in [9.17, 15) is 0 Å². The van der Waals surface area contributed by atoms with E-state index in [4.69, 9.17) is 5.26 Å². The fraction of sp³-hybridized carbons (Fsp3) is 0.875. The second-order valence-corrected chi connectivity index (χ2v) is 3.23.